The molecule has 6 nitrogen and oxygen atoms in total. The van der Waals surface area contributed by atoms with Crippen LogP contribution in [0.1, 0.15) is 26.7 Å². The average molecular weight is 252 g/mol. The van der Waals surface area contributed by atoms with Crippen LogP contribution in [0.3, 0.4) is 0 Å². The summed E-state index contributed by atoms with van der Waals surface area (Å²) in [6, 6.07) is 0.527. The van der Waals surface area contributed by atoms with Crippen LogP contribution in [0.5, 0.6) is 12.0 Å². The molecule has 6 heteroatoms. The Hall–Kier alpha value is -1.85. The Bertz CT molecular complexity index is 345. The molecule has 0 aliphatic carbocycles. The molecule has 1 rings (SSSR count). The summed E-state index contributed by atoms with van der Waals surface area (Å²) >= 11 is 0. The third kappa shape index (κ3) is 4.99. The van der Waals surface area contributed by atoms with E-state index in [9.17, 15) is 0 Å². The highest BCUT2D eigenvalue weighted by Gasteiger charge is 2.07. The molecule has 0 aromatic carbocycles. The van der Waals surface area contributed by atoms with E-state index in [0.717, 1.165) is 19.4 Å². The largest absolute Gasteiger partial charge is 0.463 e. The third-order valence-electron chi connectivity index (χ3n) is 1.89. The molecule has 0 radical (unpaired) electrons. The van der Waals surface area contributed by atoms with Crippen molar-refractivity contribution in [2.24, 2.45) is 0 Å². The molecule has 0 spiro atoms. The van der Waals surface area contributed by atoms with E-state index in [1.807, 2.05) is 6.92 Å². The van der Waals surface area contributed by atoms with Gasteiger partial charge in [0.15, 0.2) is 0 Å². The van der Waals surface area contributed by atoms with Crippen LogP contribution in [0.2, 0.25) is 0 Å². The Labute approximate surface area is 107 Å². The highest BCUT2D eigenvalue weighted by molar-refractivity contribution is 5.27. The van der Waals surface area contributed by atoms with Gasteiger partial charge in [-0.25, -0.2) is 0 Å². The van der Waals surface area contributed by atoms with E-state index in [2.05, 4.69) is 33.8 Å². The molecule has 0 saturated carbocycles. The van der Waals surface area contributed by atoms with Crippen molar-refractivity contribution < 1.29 is 9.47 Å². The van der Waals surface area contributed by atoms with Gasteiger partial charge in [-0.3, -0.25) is 0 Å². The van der Waals surface area contributed by atoms with Gasteiger partial charge in [0, 0.05) is 6.54 Å². The van der Waals surface area contributed by atoms with E-state index >= 15 is 0 Å². The van der Waals surface area contributed by atoms with E-state index in [1.165, 1.54) is 0 Å². The maximum Gasteiger partial charge on any atom is 0.324 e. The molecule has 1 N–H and O–H groups in total. The summed E-state index contributed by atoms with van der Waals surface area (Å²) in [5.74, 6) is 0.469. The predicted octanol–water partition coefficient (Wildman–Crippen LogP) is 2.05. The first-order chi connectivity index (χ1) is 8.80. The first-order valence-corrected chi connectivity index (χ1v) is 6.16. The van der Waals surface area contributed by atoms with E-state index < -0.39 is 0 Å². The maximum atomic E-state index is 5.39. The SMILES string of the molecule is C=CCOc1nc(NCCC)nc(OCCC)n1. The van der Waals surface area contributed by atoms with Crippen LogP contribution >= 0.6 is 0 Å². The zero-order valence-corrected chi connectivity index (χ0v) is 11.0. The first-order valence-electron chi connectivity index (χ1n) is 6.16. The molecule has 0 fully saturated rings. The van der Waals surface area contributed by atoms with Crippen molar-refractivity contribution in [3.05, 3.63) is 12.7 Å². The Morgan fingerprint density at radius 3 is 2.44 bits per heavy atom. The number of nitrogens with one attached hydrogen (secondary N) is 1. The normalized spacial score (nSPS) is 9.89. The van der Waals surface area contributed by atoms with Gasteiger partial charge in [0.05, 0.1) is 6.61 Å². The lowest BCUT2D eigenvalue weighted by Gasteiger charge is -2.08. The summed E-state index contributed by atoms with van der Waals surface area (Å²) in [6.07, 6.45) is 3.52. The van der Waals surface area contributed by atoms with Crippen LogP contribution in [-0.4, -0.2) is 34.7 Å². The van der Waals surface area contributed by atoms with Gasteiger partial charge >= 0.3 is 12.0 Å². The van der Waals surface area contributed by atoms with Gasteiger partial charge in [0.25, 0.3) is 0 Å². The second-order valence-electron chi connectivity index (χ2n) is 3.60. The minimum atomic E-state index is 0.245. The average Bonchev–Trinajstić information content (AvgIpc) is 2.40. The van der Waals surface area contributed by atoms with E-state index in [4.69, 9.17) is 9.47 Å². The van der Waals surface area contributed by atoms with Crippen molar-refractivity contribution in [3.63, 3.8) is 0 Å². The fourth-order valence-electron chi connectivity index (χ4n) is 1.11. The monoisotopic (exact) mass is 252 g/mol. The number of nitrogens with zero attached hydrogens (tertiary/aromatic N) is 3. The molecular formula is C12H20N4O2. The Kier molecular flexibility index (Phi) is 6.53. The van der Waals surface area contributed by atoms with Crippen molar-refractivity contribution in [3.8, 4) is 12.0 Å². The highest BCUT2D eigenvalue weighted by Crippen LogP contribution is 2.13. The topological polar surface area (TPSA) is 69.2 Å². The molecule has 0 bridgehead atoms. The van der Waals surface area contributed by atoms with Crippen molar-refractivity contribution in [1.29, 1.82) is 0 Å². The van der Waals surface area contributed by atoms with Crippen molar-refractivity contribution in [1.82, 2.24) is 15.0 Å². The fourth-order valence-corrected chi connectivity index (χ4v) is 1.11. The second-order valence-corrected chi connectivity index (χ2v) is 3.60. The van der Waals surface area contributed by atoms with Crippen molar-refractivity contribution in [2.45, 2.75) is 26.7 Å². The van der Waals surface area contributed by atoms with Gasteiger partial charge < -0.3 is 14.8 Å². The Balaban J connectivity index is 2.77. The van der Waals surface area contributed by atoms with E-state index in [1.54, 1.807) is 6.08 Å². The standard InChI is InChI=1S/C12H20N4O2/c1-4-7-13-10-14-11(17-8-5-2)16-12(15-10)18-9-6-3/h5H,2,4,6-9H2,1,3H3,(H,13,14,15,16). The molecule has 0 saturated heterocycles. The van der Waals surface area contributed by atoms with Gasteiger partial charge in [-0.1, -0.05) is 26.5 Å². The molecular weight excluding hydrogens is 232 g/mol. The lowest BCUT2D eigenvalue weighted by Crippen LogP contribution is -2.10. The predicted molar refractivity (Wildman–Crippen MR) is 70.1 cm³/mol. The summed E-state index contributed by atoms with van der Waals surface area (Å²) < 4.78 is 10.7. The first kappa shape index (κ1) is 14.2. The van der Waals surface area contributed by atoms with Crippen molar-refractivity contribution in [2.75, 3.05) is 25.1 Å². The van der Waals surface area contributed by atoms with Gasteiger partial charge in [-0.05, 0) is 12.8 Å². The van der Waals surface area contributed by atoms with Crippen LogP contribution < -0.4 is 14.8 Å². The van der Waals surface area contributed by atoms with Crippen LogP contribution in [0.4, 0.5) is 5.95 Å². The van der Waals surface area contributed by atoms with Crippen LogP contribution in [0, 0.1) is 0 Å². The zero-order valence-electron chi connectivity index (χ0n) is 11.0. The molecule has 0 unspecified atom stereocenters. The minimum absolute atomic E-state index is 0.245. The number of hydrogen-bond donors (Lipinski definition) is 1. The van der Waals surface area contributed by atoms with Gasteiger partial charge in [-0.15, -0.1) is 4.98 Å². The summed E-state index contributed by atoms with van der Waals surface area (Å²) in [6.45, 7) is 9.37. The number of anilines is 1. The molecule has 100 valence electrons. The fraction of sp³-hybridized carbons (Fsp3) is 0.583. The maximum absolute atomic E-state index is 5.39. The van der Waals surface area contributed by atoms with Gasteiger partial charge in [0.2, 0.25) is 5.95 Å². The molecule has 0 atom stereocenters. The van der Waals surface area contributed by atoms with Crippen LogP contribution in [0.15, 0.2) is 12.7 Å². The third-order valence-corrected chi connectivity index (χ3v) is 1.89. The summed E-state index contributed by atoms with van der Waals surface area (Å²) in [4.78, 5) is 12.4. The molecule has 1 aromatic heterocycles. The Morgan fingerprint density at radius 1 is 1.11 bits per heavy atom. The van der Waals surface area contributed by atoms with Crippen LogP contribution in [0.25, 0.3) is 0 Å². The van der Waals surface area contributed by atoms with E-state index in [-0.39, 0.29) is 12.0 Å². The molecule has 0 aliphatic rings. The summed E-state index contributed by atoms with van der Waals surface area (Å²) in [5, 5.41) is 3.08. The summed E-state index contributed by atoms with van der Waals surface area (Å²) in [5.41, 5.74) is 0. The molecule has 1 heterocycles. The van der Waals surface area contributed by atoms with Crippen molar-refractivity contribution >= 4 is 5.95 Å². The summed E-state index contributed by atoms with van der Waals surface area (Å²) in [7, 11) is 0. The minimum Gasteiger partial charge on any atom is -0.463 e. The van der Waals surface area contributed by atoms with E-state index in [0.29, 0.717) is 19.2 Å². The number of aromatic nitrogens is 3. The molecule has 18 heavy (non-hydrogen) atoms. The lowest BCUT2D eigenvalue weighted by molar-refractivity contribution is 0.275. The number of hydrogen-bond acceptors (Lipinski definition) is 6. The number of rotatable bonds is 9. The molecule has 1 aromatic rings. The highest BCUT2D eigenvalue weighted by atomic mass is 16.5. The molecule has 0 aliphatic heterocycles. The van der Waals surface area contributed by atoms with Gasteiger partial charge in [-0.2, -0.15) is 9.97 Å². The quantitative estimate of drug-likeness (QED) is 0.678. The molecule has 0 amide bonds. The van der Waals surface area contributed by atoms with Crippen LogP contribution in [-0.2, 0) is 0 Å². The zero-order chi connectivity index (χ0) is 13.2. The lowest BCUT2D eigenvalue weighted by atomic mass is 10.5. The Morgan fingerprint density at radius 2 is 1.83 bits per heavy atom. The smallest absolute Gasteiger partial charge is 0.324 e. The number of ether oxygens (including phenoxy) is 2. The second kappa shape index (κ2) is 8.27. The van der Waals surface area contributed by atoms with Gasteiger partial charge in [0.1, 0.15) is 6.61 Å².